The highest BCUT2D eigenvalue weighted by Gasteiger charge is 2.11. The number of rotatable bonds is 5. The van der Waals surface area contributed by atoms with Crippen LogP contribution >= 0.6 is 11.3 Å². The monoisotopic (exact) mass is 300 g/mol. The smallest absolute Gasteiger partial charge is 0.203 e. The quantitative estimate of drug-likeness (QED) is 0.679. The van der Waals surface area contributed by atoms with E-state index in [2.05, 4.69) is 44.7 Å². The van der Waals surface area contributed by atoms with E-state index in [1.807, 2.05) is 18.5 Å². The van der Waals surface area contributed by atoms with Gasteiger partial charge in [-0.1, -0.05) is 18.2 Å². The van der Waals surface area contributed by atoms with Gasteiger partial charge in [0.05, 0.1) is 11.9 Å². The van der Waals surface area contributed by atoms with Gasteiger partial charge < -0.3 is 0 Å². The summed E-state index contributed by atoms with van der Waals surface area (Å²) in [5.74, 6) is 0. The molecule has 0 amide bonds. The molecular weight excluding hydrogens is 280 g/mol. The van der Waals surface area contributed by atoms with Crippen molar-refractivity contribution < 1.29 is 0 Å². The number of benzene rings is 1. The predicted molar refractivity (Wildman–Crippen MR) is 89.0 cm³/mol. The lowest BCUT2D eigenvalue weighted by Crippen LogP contribution is -2.18. The Hall–Kier alpha value is -1.72. The number of hydrazone groups is 1. The zero-order valence-corrected chi connectivity index (χ0v) is 13.1. The Kier molecular flexibility index (Phi) is 4.62. The number of anilines is 1. The molecule has 3 rings (SSSR count). The average Bonchev–Trinajstić information content (AvgIpc) is 3.11. The molecule has 1 aromatic heterocycles. The van der Waals surface area contributed by atoms with E-state index in [-0.39, 0.29) is 0 Å². The molecule has 1 aromatic carbocycles. The maximum atomic E-state index is 4.31. The number of thiazole rings is 1. The minimum atomic E-state index is 0.831. The highest BCUT2D eigenvalue weighted by Crippen LogP contribution is 2.15. The topological polar surface area (TPSA) is 40.5 Å². The van der Waals surface area contributed by atoms with Crippen molar-refractivity contribution in [2.75, 3.05) is 18.5 Å². The van der Waals surface area contributed by atoms with Crippen molar-refractivity contribution in [3.63, 3.8) is 0 Å². The first kappa shape index (κ1) is 14.2. The van der Waals surface area contributed by atoms with Gasteiger partial charge in [0.2, 0.25) is 5.13 Å². The van der Waals surface area contributed by atoms with Crippen molar-refractivity contribution in [1.82, 2.24) is 9.88 Å². The van der Waals surface area contributed by atoms with E-state index >= 15 is 0 Å². The molecule has 1 fully saturated rings. The zero-order chi connectivity index (χ0) is 14.5. The van der Waals surface area contributed by atoms with Crippen LogP contribution in [0.15, 0.2) is 34.7 Å². The van der Waals surface area contributed by atoms with Gasteiger partial charge in [-0.15, -0.1) is 11.3 Å². The fourth-order valence-corrected chi connectivity index (χ4v) is 3.18. The van der Waals surface area contributed by atoms with Crippen LogP contribution in [0.25, 0.3) is 0 Å². The SMILES string of the molecule is Cc1csc(NN=Cc2cccc(CN3CCCC3)c2)n1. The van der Waals surface area contributed by atoms with Crippen LogP contribution in [-0.4, -0.2) is 29.2 Å². The molecule has 0 spiro atoms. The molecule has 0 saturated carbocycles. The minimum Gasteiger partial charge on any atom is -0.299 e. The highest BCUT2D eigenvalue weighted by atomic mass is 32.1. The van der Waals surface area contributed by atoms with Gasteiger partial charge in [-0.2, -0.15) is 5.10 Å². The summed E-state index contributed by atoms with van der Waals surface area (Å²) in [5.41, 5.74) is 6.46. The number of hydrogen-bond donors (Lipinski definition) is 1. The van der Waals surface area contributed by atoms with Crippen LogP contribution in [0.4, 0.5) is 5.13 Å². The fraction of sp³-hybridized carbons (Fsp3) is 0.375. The van der Waals surface area contributed by atoms with Gasteiger partial charge in [0, 0.05) is 11.9 Å². The van der Waals surface area contributed by atoms with Crippen LogP contribution in [0.2, 0.25) is 0 Å². The lowest BCUT2D eigenvalue weighted by molar-refractivity contribution is 0.331. The molecule has 0 bridgehead atoms. The third kappa shape index (κ3) is 4.12. The second-order valence-corrected chi connectivity index (χ2v) is 6.25. The Morgan fingerprint density at radius 1 is 1.38 bits per heavy atom. The molecule has 4 nitrogen and oxygen atoms in total. The molecule has 1 aliphatic rings. The Balaban J connectivity index is 1.59. The van der Waals surface area contributed by atoms with Gasteiger partial charge in [0.15, 0.2) is 0 Å². The van der Waals surface area contributed by atoms with Gasteiger partial charge in [-0.05, 0) is 50.0 Å². The molecule has 0 unspecified atom stereocenters. The lowest BCUT2D eigenvalue weighted by Gasteiger charge is -2.14. The van der Waals surface area contributed by atoms with E-state index < -0.39 is 0 Å². The minimum absolute atomic E-state index is 0.831. The fourth-order valence-electron chi connectivity index (χ4n) is 2.54. The first-order valence-electron chi connectivity index (χ1n) is 7.32. The molecule has 0 atom stereocenters. The third-order valence-corrected chi connectivity index (χ3v) is 4.41. The summed E-state index contributed by atoms with van der Waals surface area (Å²) < 4.78 is 0. The Morgan fingerprint density at radius 3 is 3.00 bits per heavy atom. The summed E-state index contributed by atoms with van der Waals surface area (Å²) in [5, 5.41) is 7.10. The van der Waals surface area contributed by atoms with Gasteiger partial charge >= 0.3 is 0 Å². The van der Waals surface area contributed by atoms with Gasteiger partial charge in [0.1, 0.15) is 0 Å². The lowest BCUT2D eigenvalue weighted by atomic mass is 10.1. The molecule has 1 N–H and O–H groups in total. The summed E-state index contributed by atoms with van der Waals surface area (Å²) in [6, 6.07) is 8.57. The Labute approximate surface area is 129 Å². The molecule has 1 aliphatic heterocycles. The highest BCUT2D eigenvalue weighted by molar-refractivity contribution is 7.13. The van der Waals surface area contributed by atoms with E-state index in [1.54, 1.807) is 11.3 Å². The van der Waals surface area contributed by atoms with Crippen LogP contribution in [-0.2, 0) is 6.54 Å². The van der Waals surface area contributed by atoms with Crippen molar-refractivity contribution in [3.8, 4) is 0 Å². The van der Waals surface area contributed by atoms with Crippen molar-refractivity contribution in [2.24, 2.45) is 5.10 Å². The molecule has 1 saturated heterocycles. The van der Waals surface area contributed by atoms with Crippen molar-refractivity contribution in [3.05, 3.63) is 46.5 Å². The summed E-state index contributed by atoms with van der Waals surface area (Å²) in [6.07, 6.45) is 4.51. The zero-order valence-electron chi connectivity index (χ0n) is 12.2. The second-order valence-electron chi connectivity index (χ2n) is 5.39. The molecule has 2 heterocycles. The van der Waals surface area contributed by atoms with Crippen LogP contribution in [0.5, 0.6) is 0 Å². The van der Waals surface area contributed by atoms with Gasteiger partial charge in [-0.3, -0.25) is 10.3 Å². The maximum Gasteiger partial charge on any atom is 0.203 e. The van der Waals surface area contributed by atoms with Crippen LogP contribution < -0.4 is 5.43 Å². The van der Waals surface area contributed by atoms with Crippen LogP contribution in [0.3, 0.4) is 0 Å². The van der Waals surface area contributed by atoms with E-state index in [1.165, 1.54) is 31.5 Å². The number of nitrogens with zero attached hydrogens (tertiary/aromatic N) is 3. The van der Waals surface area contributed by atoms with E-state index in [0.29, 0.717) is 0 Å². The molecular formula is C16H20N4S. The number of aromatic nitrogens is 1. The molecule has 110 valence electrons. The van der Waals surface area contributed by atoms with Gasteiger partial charge in [-0.25, -0.2) is 4.98 Å². The second kappa shape index (κ2) is 6.83. The van der Waals surface area contributed by atoms with Crippen LogP contribution in [0, 0.1) is 6.92 Å². The molecule has 2 aromatic rings. The number of likely N-dealkylation sites (tertiary alicyclic amines) is 1. The maximum absolute atomic E-state index is 4.31. The normalized spacial score (nSPS) is 15.9. The number of hydrogen-bond acceptors (Lipinski definition) is 5. The van der Waals surface area contributed by atoms with Crippen molar-refractivity contribution in [2.45, 2.75) is 26.3 Å². The number of nitrogens with one attached hydrogen (secondary N) is 1. The summed E-state index contributed by atoms with van der Waals surface area (Å²) in [4.78, 5) is 6.82. The first-order chi connectivity index (χ1) is 10.3. The molecule has 0 aliphatic carbocycles. The third-order valence-electron chi connectivity index (χ3n) is 3.55. The molecule has 0 radical (unpaired) electrons. The van der Waals surface area contributed by atoms with Crippen LogP contribution in [0.1, 0.15) is 29.7 Å². The van der Waals surface area contributed by atoms with E-state index in [0.717, 1.165) is 22.9 Å². The summed E-state index contributed by atoms with van der Waals surface area (Å²) in [6.45, 7) is 5.47. The summed E-state index contributed by atoms with van der Waals surface area (Å²) in [7, 11) is 0. The van der Waals surface area contributed by atoms with Gasteiger partial charge in [0.25, 0.3) is 0 Å². The molecule has 21 heavy (non-hydrogen) atoms. The summed E-state index contributed by atoms with van der Waals surface area (Å²) >= 11 is 1.57. The van der Waals surface area contributed by atoms with Crippen molar-refractivity contribution >= 4 is 22.7 Å². The largest absolute Gasteiger partial charge is 0.299 e. The number of aryl methyl sites for hydroxylation is 1. The first-order valence-corrected chi connectivity index (χ1v) is 8.20. The Morgan fingerprint density at radius 2 is 2.24 bits per heavy atom. The molecule has 5 heteroatoms. The van der Waals surface area contributed by atoms with Crippen molar-refractivity contribution in [1.29, 1.82) is 0 Å². The van der Waals surface area contributed by atoms with E-state index in [4.69, 9.17) is 0 Å². The average molecular weight is 300 g/mol. The predicted octanol–water partition coefficient (Wildman–Crippen LogP) is 3.49. The Bertz CT molecular complexity index is 614. The van der Waals surface area contributed by atoms with E-state index in [9.17, 15) is 0 Å². The standard InChI is InChI=1S/C16H20N4S/c1-13-12-21-16(18-13)19-17-10-14-5-4-6-15(9-14)11-20-7-2-3-8-20/h4-6,9-10,12H,2-3,7-8,11H2,1H3,(H,18,19).